The number of nitrogens with two attached hydrogens (primary N) is 1. The van der Waals surface area contributed by atoms with Crippen molar-refractivity contribution in [2.75, 3.05) is 51.2 Å². The number of benzene rings is 1. The third-order valence-electron chi connectivity index (χ3n) is 4.90. The molecule has 0 aliphatic carbocycles. The van der Waals surface area contributed by atoms with Gasteiger partial charge in [-0.2, -0.15) is 15.2 Å². The van der Waals surface area contributed by atoms with Gasteiger partial charge < -0.3 is 35.6 Å². The number of hydrogen-bond acceptors (Lipinski definition) is 10. The van der Waals surface area contributed by atoms with Crippen LogP contribution in [0.25, 0.3) is 16.7 Å². The summed E-state index contributed by atoms with van der Waals surface area (Å²) < 4.78 is 16.9. The van der Waals surface area contributed by atoms with Gasteiger partial charge in [0.15, 0.2) is 11.5 Å². The zero-order chi connectivity index (χ0) is 23.2. The van der Waals surface area contributed by atoms with Crippen molar-refractivity contribution in [1.29, 1.82) is 5.26 Å². The first-order chi connectivity index (χ1) is 16.2. The number of rotatable bonds is 8. The molecule has 0 amide bonds. The highest BCUT2D eigenvalue weighted by atomic mass is 16.6. The molecule has 1 aliphatic rings. The quantitative estimate of drug-likeness (QED) is 0.300. The molecule has 1 aromatic carbocycles. The van der Waals surface area contributed by atoms with E-state index in [1.807, 2.05) is 12.1 Å². The Balaban J connectivity index is 1.73. The van der Waals surface area contributed by atoms with E-state index in [9.17, 15) is 5.26 Å². The molecule has 0 saturated carbocycles. The van der Waals surface area contributed by atoms with Crippen molar-refractivity contribution >= 4 is 40.4 Å². The molecule has 33 heavy (non-hydrogen) atoms. The van der Waals surface area contributed by atoms with Gasteiger partial charge in [0.1, 0.15) is 30.7 Å². The number of anilines is 3. The van der Waals surface area contributed by atoms with Crippen LogP contribution < -0.4 is 25.8 Å². The number of ether oxygens (including phenoxy) is 3. The molecule has 0 bridgehead atoms. The number of H-pyrrole nitrogens is 1. The number of hydrogen-bond donors (Lipinski definition) is 4. The minimum Gasteiger partial charge on any atom is -0.485 e. The normalized spacial score (nSPS) is 13.3. The van der Waals surface area contributed by atoms with Crippen LogP contribution in [-0.4, -0.2) is 61.7 Å². The molecule has 4 rings (SSSR count). The van der Waals surface area contributed by atoms with Crippen LogP contribution in [0.5, 0.6) is 11.5 Å². The van der Waals surface area contributed by atoms with E-state index >= 15 is 0 Å². The van der Waals surface area contributed by atoms with Crippen LogP contribution in [-0.2, 0) is 4.74 Å². The van der Waals surface area contributed by atoms with E-state index in [0.29, 0.717) is 83.2 Å². The Morgan fingerprint density at radius 2 is 2.15 bits per heavy atom. The minimum absolute atomic E-state index is 0.319. The number of aromatic amines is 1. The van der Waals surface area contributed by atoms with Crippen molar-refractivity contribution < 1.29 is 14.2 Å². The second kappa shape index (κ2) is 9.88. The first kappa shape index (κ1) is 21.9. The molecule has 0 spiro atoms. The van der Waals surface area contributed by atoms with Gasteiger partial charge in [-0.25, -0.2) is 0 Å². The Bertz CT molecular complexity index is 1260. The summed E-state index contributed by atoms with van der Waals surface area (Å²) in [6.45, 7) is 1.81. The van der Waals surface area contributed by atoms with Gasteiger partial charge in [0.2, 0.25) is 5.95 Å². The van der Waals surface area contributed by atoms with Crippen LogP contribution >= 0.6 is 0 Å². The third-order valence-corrected chi connectivity index (χ3v) is 4.90. The van der Waals surface area contributed by atoms with Crippen LogP contribution in [0.1, 0.15) is 11.1 Å². The molecule has 3 heterocycles. The second-order valence-electron chi connectivity index (χ2n) is 7.02. The summed E-state index contributed by atoms with van der Waals surface area (Å²) in [6.07, 6.45) is 4.92. The number of aliphatic imine (C=N–C) groups is 1. The number of aromatic nitrogens is 3. The smallest absolute Gasteiger partial charge is 0.231 e. The number of nitriles is 1. The fourth-order valence-corrected chi connectivity index (χ4v) is 3.40. The van der Waals surface area contributed by atoms with Gasteiger partial charge in [-0.05, 0) is 18.2 Å². The van der Waals surface area contributed by atoms with E-state index in [1.54, 1.807) is 32.6 Å². The van der Waals surface area contributed by atoms with Crippen molar-refractivity contribution in [3.05, 3.63) is 35.5 Å². The van der Waals surface area contributed by atoms with Gasteiger partial charge in [-0.1, -0.05) is 0 Å². The van der Waals surface area contributed by atoms with E-state index in [-0.39, 0.29) is 0 Å². The van der Waals surface area contributed by atoms with Gasteiger partial charge >= 0.3 is 0 Å². The van der Waals surface area contributed by atoms with Crippen molar-refractivity contribution in [3.8, 4) is 17.6 Å². The molecule has 2 aromatic heterocycles. The highest BCUT2D eigenvalue weighted by molar-refractivity contribution is 5.94. The van der Waals surface area contributed by atoms with Crippen molar-refractivity contribution in [2.45, 2.75) is 0 Å². The topological polar surface area (TPSA) is 155 Å². The van der Waals surface area contributed by atoms with Crippen LogP contribution in [0.2, 0.25) is 0 Å². The van der Waals surface area contributed by atoms with Gasteiger partial charge in [0.25, 0.3) is 0 Å². The molecule has 0 atom stereocenters. The Hall–Kier alpha value is -4.30. The average molecular weight is 448 g/mol. The molecular formula is C22H24N8O3. The molecule has 11 heteroatoms. The number of allylic oxidation sites excluding steroid dienone is 1. The summed E-state index contributed by atoms with van der Waals surface area (Å²) in [5.41, 5.74) is 9.02. The summed E-state index contributed by atoms with van der Waals surface area (Å²) in [5, 5.41) is 16.5. The first-order valence-electron chi connectivity index (χ1n) is 10.3. The SMILES string of the molecule is CN=CC=C(N)c1ccc(Nc2nc(NCCOC)c3c(C#N)c[nH]c3n2)c2c1OCCO2. The molecule has 0 unspecified atom stereocenters. The standard InChI is InChI=1S/C22H24N8O3/c1-25-6-5-15(24)14-3-4-16(19-18(14)32-9-10-33-19)28-22-29-20(26-7-8-31-2)17-13(11-23)12-27-21(17)30-22/h3-6,12H,7-10,24H2,1-2H3,(H3,26,27,28,29,30). The Kier molecular flexibility index (Phi) is 6.56. The van der Waals surface area contributed by atoms with Crippen molar-refractivity contribution in [2.24, 2.45) is 10.7 Å². The Morgan fingerprint density at radius 1 is 1.33 bits per heavy atom. The van der Waals surface area contributed by atoms with E-state index in [4.69, 9.17) is 19.9 Å². The summed E-state index contributed by atoms with van der Waals surface area (Å²) >= 11 is 0. The Morgan fingerprint density at radius 3 is 2.91 bits per heavy atom. The van der Waals surface area contributed by atoms with E-state index < -0.39 is 0 Å². The van der Waals surface area contributed by atoms with Gasteiger partial charge in [0.05, 0.1) is 23.2 Å². The van der Waals surface area contributed by atoms with Crippen LogP contribution in [0, 0.1) is 11.3 Å². The lowest BCUT2D eigenvalue weighted by atomic mass is 10.1. The maximum absolute atomic E-state index is 9.44. The molecule has 0 saturated heterocycles. The minimum atomic E-state index is 0.319. The van der Waals surface area contributed by atoms with E-state index in [0.717, 1.165) is 0 Å². The maximum Gasteiger partial charge on any atom is 0.231 e. The highest BCUT2D eigenvalue weighted by Gasteiger charge is 2.22. The monoisotopic (exact) mass is 448 g/mol. The van der Waals surface area contributed by atoms with Crippen LogP contribution in [0.3, 0.4) is 0 Å². The number of fused-ring (bicyclic) bond motifs is 2. The Labute approximate surface area is 190 Å². The zero-order valence-electron chi connectivity index (χ0n) is 18.3. The summed E-state index contributed by atoms with van der Waals surface area (Å²) in [7, 11) is 3.29. The molecule has 11 nitrogen and oxygen atoms in total. The first-order valence-corrected chi connectivity index (χ1v) is 10.3. The molecule has 0 fully saturated rings. The number of methoxy groups -OCH3 is 1. The van der Waals surface area contributed by atoms with E-state index in [1.165, 1.54) is 0 Å². The lowest BCUT2D eigenvalue weighted by molar-refractivity contribution is 0.172. The predicted octanol–water partition coefficient (Wildman–Crippen LogP) is 2.40. The largest absolute Gasteiger partial charge is 0.485 e. The highest BCUT2D eigenvalue weighted by Crippen LogP contribution is 2.43. The predicted molar refractivity (Wildman–Crippen MR) is 126 cm³/mol. The van der Waals surface area contributed by atoms with Gasteiger partial charge in [-0.15, -0.1) is 0 Å². The fraction of sp³-hybridized carbons (Fsp3) is 0.273. The van der Waals surface area contributed by atoms with Gasteiger partial charge in [-0.3, -0.25) is 4.99 Å². The number of nitrogens with zero attached hydrogens (tertiary/aromatic N) is 4. The molecule has 0 radical (unpaired) electrons. The number of nitrogens with one attached hydrogen (secondary N) is 3. The molecule has 1 aliphatic heterocycles. The molecule has 170 valence electrons. The third kappa shape index (κ3) is 4.51. The molecular weight excluding hydrogens is 424 g/mol. The van der Waals surface area contributed by atoms with Crippen LogP contribution in [0.4, 0.5) is 17.5 Å². The molecule has 5 N–H and O–H groups in total. The van der Waals surface area contributed by atoms with Gasteiger partial charge in [0, 0.05) is 44.4 Å². The van der Waals surface area contributed by atoms with E-state index in [2.05, 4.69) is 36.6 Å². The second-order valence-corrected chi connectivity index (χ2v) is 7.02. The summed E-state index contributed by atoms with van der Waals surface area (Å²) in [6, 6.07) is 5.82. The lowest BCUT2D eigenvalue weighted by Gasteiger charge is -2.24. The van der Waals surface area contributed by atoms with Crippen LogP contribution in [0.15, 0.2) is 29.4 Å². The summed E-state index contributed by atoms with van der Waals surface area (Å²) in [4.78, 5) is 16.1. The molecule has 3 aromatic rings. The lowest BCUT2D eigenvalue weighted by Crippen LogP contribution is -2.18. The van der Waals surface area contributed by atoms with Crippen molar-refractivity contribution in [3.63, 3.8) is 0 Å². The fourth-order valence-electron chi connectivity index (χ4n) is 3.40. The zero-order valence-corrected chi connectivity index (χ0v) is 18.3. The maximum atomic E-state index is 9.44. The summed E-state index contributed by atoms with van der Waals surface area (Å²) in [5.74, 6) is 1.89. The average Bonchev–Trinajstić information content (AvgIpc) is 3.26. The van der Waals surface area contributed by atoms with Crippen molar-refractivity contribution in [1.82, 2.24) is 15.0 Å².